The molecule has 0 fully saturated rings. The summed E-state index contributed by atoms with van der Waals surface area (Å²) in [4.78, 5) is 7.69. The highest BCUT2D eigenvalue weighted by Crippen LogP contribution is 2.34. The lowest BCUT2D eigenvalue weighted by Gasteiger charge is -2.21. The van der Waals surface area contributed by atoms with Gasteiger partial charge in [-0.3, -0.25) is 4.98 Å². The number of pyridine rings is 1. The van der Waals surface area contributed by atoms with E-state index in [-0.39, 0.29) is 6.04 Å². The van der Waals surface area contributed by atoms with Crippen LogP contribution in [0.3, 0.4) is 0 Å². The van der Waals surface area contributed by atoms with Crippen molar-refractivity contribution in [2.24, 2.45) is 0 Å². The van der Waals surface area contributed by atoms with Gasteiger partial charge in [0.2, 0.25) is 0 Å². The van der Waals surface area contributed by atoms with Gasteiger partial charge in [-0.15, -0.1) is 0 Å². The maximum atomic E-state index is 4.18. The van der Waals surface area contributed by atoms with Crippen molar-refractivity contribution in [2.45, 2.75) is 19.9 Å². The Labute approximate surface area is 147 Å². The Bertz CT molecular complexity index is 985. The van der Waals surface area contributed by atoms with Gasteiger partial charge in [0.05, 0.1) is 6.04 Å². The van der Waals surface area contributed by atoms with Crippen LogP contribution in [0, 0.1) is 13.8 Å². The number of nitrogens with zero attached hydrogens (tertiary/aromatic N) is 1. The van der Waals surface area contributed by atoms with E-state index < -0.39 is 0 Å². The number of hydrogen-bond donors (Lipinski definition) is 2. The average Bonchev–Trinajstić information content (AvgIpc) is 2.98. The Morgan fingerprint density at radius 1 is 0.880 bits per heavy atom. The molecule has 25 heavy (non-hydrogen) atoms. The molecule has 0 aliphatic carbocycles. The highest BCUT2D eigenvalue weighted by Gasteiger charge is 2.20. The number of fused-ring (bicyclic) bond motifs is 1. The van der Waals surface area contributed by atoms with E-state index in [4.69, 9.17) is 0 Å². The van der Waals surface area contributed by atoms with Gasteiger partial charge in [0.1, 0.15) is 0 Å². The predicted molar refractivity (Wildman–Crippen MR) is 104 cm³/mol. The first kappa shape index (κ1) is 15.5. The molecular weight excluding hydrogens is 306 g/mol. The van der Waals surface area contributed by atoms with E-state index in [9.17, 15) is 0 Å². The summed E-state index contributed by atoms with van der Waals surface area (Å²) in [5.41, 5.74) is 7.19. The minimum atomic E-state index is 0.0573. The van der Waals surface area contributed by atoms with Crippen LogP contribution in [0.25, 0.3) is 10.9 Å². The van der Waals surface area contributed by atoms with Gasteiger partial charge in [-0.05, 0) is 49.7 Å². The maximum Gasteiger partial charge on any atom is 0.0791 e. The van der Waals surface area contributed by atoms with Gasteiger partial charge in [0.25, 0.3) is 0 Å². The number of anilines is 1. The molecule has 4 rings (SSSR count). The molecule has 2 N–H and O–H groups in total. The summed E-state index contributed by atoms with van der Waals surface area (Å²) in [5.74, 6) is 0. The molecule has 2 aromatic carbocycles. The lowest BCUT2D eigenvalue weighted by molar-refractivity contribution is 0.928. The molecule has 0 aliphatic heterocycles. The first-order chi connectivity index (χ1) is 12.2. The predicted octanol–water partition coefficient (Wildman–Crippen LogP) is 5.38. The number of nitrogens with one attached hydrogen (secondary N) is 2. The third-order valence-electron chi connectivity index (χ3n) is 4.63. The quantitative estimate of drug-likeness (QED) is 0.528. The van der Waals surface area contributed by atoms with Crippen molar-refractivity contribution < 1.29 is 0 Å². The van der Waals surface area contributed by atoms with E-state index in [1.807, 2.05) is 12.4 Å². The van der Waals surface area contributed by atoms with Gasteiger partial charge in [0, 0.05) is 40.2 Å². The monoisotopic (exact) mass is 327 g/mol. The molecule has 0 amide bonds. The van der Waals surface area contributed by atoms with Crippen LogP contribution < -0.4 is 5.32 Å². The van der Waals surface area contributed by atoms with Crippen molar-refractivity contribution in [3.8, 4) is 0 Å². The SMILES string of the molecule is Cc1ccc(NC(c2ccncc2)c2c(C)[nH]c3ccccc23)cc1. The van der Waals surface area contributed by atoms with Crippen molar-refractivity contribution in [1.82, 2.24) is 9.97 Å². The van der Waals surface area contributed by atoms with Crippen LogP contribution in [-0.4, -0.2) is 9.97 Å². The van der Waals surface area contributed by atoms with E-state index in [1.54, 1.807) is 0 Å². The lowest BCUT2D eigenvalue weighted by atomic mass is 9.96. The molecule has 0 aliphatic rings. The Hall–Kier alpha value is -3.07. The third kappa shape index (κ3) is 3.01. The van der Waals surface area contributed by atoms with Crippen LogP contribution in [-0.2, 0) is 0 Å². The van der Waals surface area contributed by atoms with Crippen LogP contribution in [0.4, 0.5) is 5.69 Å². The molecule has 0 saturated heterocycles. The molecule has 3 heteroatoms. The van der Waals surface area contributed by atoms with Gasteiger partial charge < -0.3 is 10.3 Å². The minimum Gasteiger partial charge on any atom is -0.374 e. The molecule has 1 unspecified atom stereocenters. The summed E-state index contributed by atoms with van der Waals surface area (Å²) < 4.78 is 0. The van der Waals surface area contributed by atoms with E-state index in [1.165, 1.54) is 33.3 Å². The zero-order valence-electron chi connectivity index (χ0n) is 14.5. The Morgan fingerprint density at radius 3 is 2.36 bits per heavy atom. The van der Waals surface area contributed by atoms with Gasteiger partial charge in [-0.25, -0.2) is 0 Å². The number of benzene rings is 2. The van der Waals surface area contributed by atoms with Crippen molar-refractivity contribution in [3.63, 3.8) is 0 Å². The van der Waals surface area contributed by atoms with Gasteiger partial charge >= 0.3 is 0 Å². The standard InChI is InChI=1S/C22H21N3/c1-15-7-9-18(10-8-15)25-22(17-11-13-23-14-12-17)21-16(2)24-20-6-4-3-5-19(20)21/h3-14,22,24-25H,1-2H3. The summed E-state index contributed by atoms with van der Waals surface area (Å²) in [6.45, 7) is 4.24. The normalized spacial score (nSPS) is 12.2. The van der Waals surface area contributed by atoms with Crippen molar-refractivity contribution in [1.29, 1.82) is 0 Å². The second-order valence-corrected chi connectivity index (χ2v) is 6.43. The number of para-hydroxylation sites is 1. The average molecular weight is 327 g/mol. The summed E-state index contributed by atoms with van der Waals surface area (Å²) in [5, 5.41) is 4.96. The summed E-state index contributed by atoms with van der Waals surface area (Å²) in [6, 6.07) is 21.2. The van der Waals surface area contributed by atoms with E-state index in [0.717, 1.165) is 5.69 Å². The number of aromatic amines is 1. The van der Waals surface area contributed by atoms with Gasteiger partial charge in [0.15, 0.2) is 0 Å². The topological polar surface area (TPSA) is 40.7 Å². The Morgan fingerprint density at radius 2 is 1.60 bits per heavy atom. The zero-order valence-corrected chi connectivity index (χ0v) is 14.5. The largest absolute Gasteiger partial charge is 0.374 e. The molecule has 2 heterocycles. The fourth-order valence-corrected chi connectivity index (χ4v) is 3.36. The molecule has 2 aromatic heterocycles. The van der Waals surface area contributed by atoms with Gasteiger partial charge in [-0.1, -0.05) is 35.9 Å². The number of rotatable bonds is 4. The molecule has 3 nitrogen and oxygen atoms in total. The third-order valence-corrected chi connectivity index (χ3v) is 4.63. The van der Waals surface area contributed by atoms with Crippen molar-refractivity contribution in [2.75, 3.05) is 5.32 Å². The molecule has 0 bridgehead atoms. The number of aromatic nitrogens is 2. The fourth-order valence-electron chi connectivity index (χ4n) is 3.36. The molecule has 1 atom stereocenters. The van der Waals surface area contributed by atoms with E-state index in [2.05, 4.69) is 89.8 Å². The number of hydrogen-bond acceptors (Lipinski definition) is 2. The maximum absolute atomic E-state index is 4.18. The minimum absolute atomic E-state index is 0.0573. The highest BCUT2D eigenvalue weighted by atomic mass is 14.9. The summed E-state index contributed by atoms with van der Waals surface area (Å²) >= 11 is 0. The second kappa shape index (κ2) is 6.44. The molecule has 124 valence electrons. The Kier molecular flexibility index (Phi) is 3.98. The first-order valence-corrected chi connectivity index (χ1v) is 8.53. The van der Waals surface area contributed by atoms with Crippen molar-refractivity contribution in [3.05, 3.63) is 95.4 Å². The highest BCUT2D eigenvalue weighted by molar-refractivity contribution is 5.86. The lowest BCUT2D eigenvalue weighted by Crippen LogP contribution is -2.13. The summed E-state index contributed by atoms with van der Waals surface area (Å²) in [6.07, 6.45) is 3.70. The van der Waals surface area contributed by atoms with Crippen LogP contribution >= 0.6 is 0 Å². The molecule has 4 aromatic rings. The van der Waals surface area contributed by atoms with Crippen LogP contribution in [0.5, 0.6) is 0 Å². The molecular formula is C22H21N3. The molecule has 0 spiro atoms. The van der Waals surface area contributed by atoms with E-state index in [0.29, 0.717) is 0 Å². The van der Waals surface area contributed by atoms with Gasteiger partial charge in [-0.2, -0.15) is 0 Å². The second-order valence-electron chi connectivity index (χ2n) is 6.43. The van der Waals surface area contributed by atoms with Crippen molar-refractivity contribution >= 4 is 16.6 Å². The fraction of sp³-hybridized carbons (Fsp3) is 0.136. The Balaban J connectivity index is 1.85. The van der Waals surface area contributed by atoms with Crippen LogP contribution in [0.15, 0.2) is 73.1 Å². The van der Waals surface area contributed by atoms with Crippen LogP contribution in [0.2, 0.25) is 0 Å². The molecule has 0 radical (unpaired) electrons. The van der Waals surface area contributed by atoms with E-state index >= 15 is 0 Å². The molecule has 0 saturated carbocycles. The van der Waals surface area contributed by atoms with Crippen LogP contribution in [0.1, 0.15) is 28.4 Å². The number of H-pyrrole nitrogens is 1. The smallest absolute Gasteiger partial charge is 0.0791 e. The zero-order chi connectivity index (χ0) is 17.2. The first-order valence-electron chi connectivity index (χ1n) is 8.53. The number of aryl methyl sites for hydroxylation is 2. The summed E-state index contributed by atoms with van der Waals surface area (Å²) in [7, 11) is 0.